The maximum atomic E-state index is 11.8. The van der Waals surface area contributed by atoms with Crippen molar-refractivity contribution >= 4 is 39.1 Å². The van der Waals surface area contributed by atoms with Crippen LogP contribution < -0.4 is 5.32 Å². The van der Waals surface area contributed by atoms with E-state index in [-0.39, 0.29) is 11.8 Å². The molecule has 2 N–H and O–H groups in total. The van der Waals surface area contributed by atoms with Crippen molar-refractivity contribution in [2.45, 2.75) is 45.6 Å². The predicted octanol–water partition coefficient (Wildman–Crippen LogP) is 3.45. The van der Waals surface area contributed by atoms with Gasteiger partial charge in [0.1, 0.15) is 6.04 Å². The summed E-state index contributed by atoms with van der Waals surface area (Å²) in [5.41, 5.74) is 0. The van der Waals surface area contributed by atoms with Crippen LogP contribution in [0.2, 0.25) is 0 Å². The van der Waals surface area contributed by atoms with Crippen LogP contribution in [0.4, 0.5) is 0 Å². The number of amides is 1. The third-order valence-electron chi connectivity index (χ3n) is 2.80. The molecule has 6 heteroatoms. The molecular weight excluding hydrogens is 342 g/mol. The highest BCUT2D eigenvalue weighted by atomic mass is 79.9. The fourth-order valence-corrected chi connectivity index (χ4v) is 3.39. The minimum absolute atomic E-state index is 0.186. The van der Waals surface area contributed by atoms with Crippen molar-refractivity contribution < 1.29 is 14.7 Å². The van der Waals surface area contributed by atoms with E-state index in [2.05, 4.69) is 21.2 Å². The molecule has 1 amide bonds. The molecule has 0 aliphatic carbocycles. The molecule has 0 fully saturated rings. The van der Waals surface area contributed by atoms with Crippen LogP contribution in [0.1, 0.15) is 38.0 Å². The van der Waals surface area contributed by atoms with E-state index in [0.29, 0.717) is 12.8 Å². The van der Waals surface area contributed by atoms with Crippen molar-refractivity contribution in [3.05, 3.63) is 20.8 Å². The summed E-state index contributed by atoms with van der Waals surface area (Å²) in [7, 11) is 0. The summed E-state index contributed by atoms with van der Waals surface area (Å²) in [6, 6.07) is 3.24. The molecule has 1 atom stereocenters. The van der Waals surface area contributed by atoms with Gasteiger partial charge in [0.15, 0.2) is 0 Å². The SMILES string of the molecule is CC(C)CC(NC(=O)CCCc1ccc(Br)s1)C(=O)O. The molecule has 0 aromatic carbocycles. The van der Waals surface area contributed by atoms with Gasteiger partial charge in [-0.25, -0.2) is 4.79 Å². The smallest absolute Gasteiger partial charge is 0.326 e. The Morgan fingerprint density at radius 2 is 2.10 bits per heavy atom. The Labute approximate surface area is 131 Å². The topological polar surface area (TPSA) is 66.4 Å². The molecule has 112 valence electrons. The van der Waals surface area contributed by atoms with E-state index in [0.717, 1.165) is 16.6 Å². The highest BCUT2D eigenvalue weighted by molar-refractivity contribution is 9.11. The van der Waals surface area contributed by atoms with Gasteiger partial charge in [-0.15, -0.1) is 11.3 Å². The van der Waals surface area contributed by atoms with Crippen LogP contribution in [0, 0.1) is 5.92 Å². The fraction of sp³-hybridized carbons (Fsp3) is 0.571. The van der Waals surface area contributed by atoms with Gasteiger partial charge >= 0.3 is 5.97 Å². The van der Waals surface area contributed by atoms with Crippen LogP contribution in [0.3, 0.4) is 0 Å². The number of carbonyl (C=O) groups is 2. The lowest BCUT2D eigenvalue weighted by Gasteiger charge is -2.16. The first-order valence-corrected chi connectivity index (χ1v) is 8.25. The van der Waals surface area contributed by atoms with Gasteiger partial charge in [-0.05, 0) is 53.2 Å². The molecule has 20 heavy (non-hydrogen) atoms. The molecule has 0 aliphatic heterocycles. The summed E-state index contributed by atoms with van der Waals surface area (Å²) in [6.45, 7) is 3.88. The zero-order chi connectivity index (χ0) is 15.1. The lowest BCUT2D eigenvalue weighted by Crippen LogP contribution is -2.41. The number of nitrogens with one attached hydrogen (secondary N) is 1. The van der Waals surface area contributed by atoms with Crippen LogP contribution in [-0.2, 0) is 16.0 Å². The van der Waals surface area contributed by atoms with E-state index in [1.165, 1.54) is 4.88 Å². The normalized spacial score (nSPS) is 12.4. The van der Waals surface area contributed by atoms with E-state index in [9.17, 15) is 9.59 Å². The predicted molar refractivity (Wildman–Crippen MR) is 84.0 cm³/mol. The molecule has 1 aromatic rings. The molecule has 0 bridgehead atoms. The summed E-state index contributed by atoms with van der Waals surface area (Å²) in [6.07, 6.45) is 2.38. The number of halogens is 1. The zero-order valence-corrected chi connectivity index (χ0v) is 14.1. The Morgan fingerprint density at radius 1 is 1.40 bits per heavy atom. The fourth-order valence-electron chi connectivity index (χ4n) is 1.87. The average Bonchev–Trinajstić information content (AvgIpc) is 2.73. The molecule has 1 unspecified atom stereocenters. The molecule has 1 heterocycles. The highest BCUT2D eigenvalue weighted by Crippen LogP contribution is 2.23. The zero-order valence-electron chi connectivity index (χ0n) is 11.7. The van der Waals surface area contributed by atoms with E-state index in [4.69, 9.17) is 5.11 Å². The quantitative estimate of drug-likeness (QED) is 0.744. The summed E-state index contributed by atoms with van der Waals surface area (Å²) in [5.74, 6) is -0.914. The second kappa shape index (κ2) is 8.42. The Kier molecular flexibility index (Phi) is 7.23. The minimum atomic E-state index is -0.964. The van der Waals surface area contributed by atoms with Crippen molar-refractivity contribution in [2.75, 3.05) is 0 Å². The van der Waals surface area contributed by atoms with Gasteiger partial charge in [0.25, 0.3) is 0 Å². The number of aryl methyl sites for hydroxylation is 1. The molecule has 0 saturated heterocycles. The lowest BCUT2D eigenvalue weighted by molar-refractivity contribution is -0.142. The highest BCUT2D eigenvalue weighted by Gasteiger charge is 2.20. The van der Waals surface area contributed by atoms with E-state index >= 15 is 0 Å². The number of rotatable bonds is 8. The van der Waals surface area contributed by atoms with Gasteiger partial charge in [-0.3, -0.25) is 4.79 Å². The number of thiophene rings is 1. The van der Waals surface area contributed by atoms with Crippen molar-refractivity contribution in [1.82, 2.24) is 5.32 Å². The minimum Gasteiger partial charge on any atom is -0.480 e. The molecule has 1 rings (SSSR count). The van der Waals surface area contributed by atoms with Gasteiger partial charge in [-0.1, -0.05) is 13.8 Å². The number of carboxylic acid groups (broad SMARTS) is 1. The van der Waals surface area contributed by atoms with E-state index in [1.807, 2.05) is 26.0 Å². The Morgan fingerprint density at radius 3 is 2.60 bits per heavy atom. The third-order valence-corrected chi connectivity index (χ3v) is 4.48. The van der Waals surface area contributed by atoms with Crippen LogP contribution in [-0.4, -0.2) is 23.0 Å². The Bertz CT molecular complexity index is 459. The van der Waals surface area contributed by atoms with Gasteiger partial charge in [0, 0.05) is 11.3 Å². The number of carboxylic acids is 1. The second-order valence-electron chi connectivity index (χ2n) is 5.15. The maximum Gasteiger partial charge on any atom is 0.326 e. The lowest BCUT2D eigenvalue weighted by atomic mass is 10.0. The summed E-state index contributed by atoms with van der Waals surface area (Å²) in [4.78, 5) is 24.0. The molecule has 0 aliphatic rings. The summed E-state index contributed by atoms with van der Waals surface area (Å²) in [5, 5.41) is 11.7. The van der Waals surface area contributed by atoms with Crippen molar-refractivity contribution in [3.63, 3.8) is 0 Å². The monoisotopic (exact) mass is 361 g/mol. The average molecular weight is 362 g/mol. The van der Waals surface area contributed by atoms with Crippen molar-refractivity contribution in [1.29, 1.82) is 0 Å². The number of hydrogen-bond acceptors (Lipinski definition) is 3. The Balaban J connectivity index is 2.32. The van der Waals surface area contributed by atoms with Gasteiger partial charge in [0.05, 0.1) is 3.79 Å². The molecule has 4 nitrogen and oxygen atoms in total. The molecule has 0 spiro atoms. The standard InChI is InChI=1S/C14H20BrNO3S/c1-9(2)8-11(14(18)19)16-13(17)5-3-4-10-6-7-12(15)20-10/h6-7,9,11H,3-5,8H2,1-2H3,(H,16,17)(H,18,19). The van der Waals surface area contributed by atoms with Crippen LogP contribution >= 0.6 is 27.3 Å². The van der Waals surface area contributed by atoms with Gasteiger partial charge < -0.3 is 10.4 Å². The number of aliphatic carboxylic acids is 1. The number of hydrogen-bond donors (Lipinski definition) is 2. The molecule has 0 radical (unpaired) electrons. The summed E-state index contributed by atoms with van der Waals surface area (Å²) >= 11 is 5.06. The first-order chi connectivity index (χ1) is 9.38. The second-order valence-corrected chi connectivity index (χ2v) is 7.69. The summed E-state index contributed by atoms with van der Waals surface area (Å²) < 4.78 is 1.08. The van der Waals surface area contributed by atoms with Crippen LogP contribution in [0.15, 0.2) is 15.9 Å². The largest absolute Gasteiger partial charge is 0.480 e. The molecular formula is C14H20BrNO3S. The van der Waals surface area contributed by atoms with Crippen molar-refractivity contribution in [2.24, 2.45) is 5.92 Å². The third kappa shape index (κ3) is 6.52. The first-order valence-electron chi connectivity index (χ1n) is 6.65. The number of carbonyl (C=O) groups excluding carboxylic acids is 1. The van der Waals surface area contributed by atoms with E-state index in [1.54, 1.807) is 11.3 Å². The Hall–Kier alpha value is -0.880. The molecule has 0 saturated carbocycles. The maximum absolute atomic E-state index is 11.8. The molecule has 1 aromatic heterocycles. The van der Waals surface area contributed by atoms with Crippen LogP contribution in [0.5, 0.6) is 0 Å². The van der Waals surface area contributed by atoms with Crippen molar-refractivity contribution in [3.8, 4) is 0 Å². The van der Waals surface area contributed by atoms with Crippen LogP contribution in [0.25, 0.3) is 0 Å². The first kappa shape index (κ1) is 17.2. The van der Waals surface area contributed by atoms with E-state index < -0.39 is 12.0 Å². The van der Waals surface area contributed by atoms with Gasteiger partial charge in [0.2, 0.25) is 5.91 Å². The van der Waals surface area contributed by atoms with Gasteiger partial charge in [-0.2, -0.15) is 0 Å².